The molecule has 1 aromatic rings. The smallest absolute Gasteiger partial charge is 0.310 e. The van der Waals surface area contributed by atoms with Crippen LogP contribution in [0.25, 0.3) is 0 Å². The largest absolute Gasteiger partial charge is 0.465 e. The Bertz CT molecular complexity index is 1150. The number of rotatable bonds is 14. The van der Waals surface area contributed by atoms with E-state index in [2.05, 4.69) is 13.2 Å². The van der Waals surface area contributed by atoms with Crippen LogP contribution in [0.5, 0.6) is 0 Å². The third-order valence-corrected chi connectivity index (χ3v) is 10.9. The van der Waals surface area contributed by atoms with Gasteiger partial charge in [-0.05, 0) is 69.4 Å². The van der Waals surface area contributed by atoms with E-state index in [0.717, 1.165) is 42.5 Å². The number of allylic oxidation sites excluding steroid dienone is 1. The molecule has 6 atom stereocenters. The third kappa shape index (κ3) is 5.74. The summed E-state index contributed by atoms with van der Waals surface area (Å²) in [5.74, 6) is -1.75. The maximum atomic E-state index is 14.8. The van der Waals surface area contributed by atoms with Crippen LogP contribution in [0.2, 0.25) is 0 Å². The number of hydrogen-bond donors (Lipinski definition) is 1. The standard InChI is InChI=1S/C33H46N2O5S/c1-7-9-10-11-18-40-32(39)26-25-15-16-33(41-25)27(26)30(37)35(24(20-36)19-21(3)4)29(33)31(38)34(17-8-2)28-22(5)13-12-14-23(28)6/h7-8,12-14,21,24-27,29,36H,1-2,9-11,15-20H2,3-6H3/t24-,25+,26-,27+,29?,33?/m1/s1. The van der Waals surface area contributed by atoms with Gasteiger partial charge in [-0.15, -0.1) is 24.9 Å². The molecule has 2 unspecified atom stereocenters. The molecule has 3 aliphatic rings. The van der Waals surface area contributed by atoms with Gasteiger partial charge in [0.15, 0.2) is 0 Å². The highest BCUT2D eigenvalue weighted by molar-refractivity contribution is 8.02. The van der Waals surface area contributed by atoms with Crippen molar-refractivity contribution in [3.8, 4) is 0 Å². The molecule has 3 aliphatic heterocycles. The van der Waals surface area contributed by atoms with Crippen LogP contribution in [0.4, 0.5) is 5.69 Å². The molecule has 0 aliphatic carbocycles. The van der Waals surface area contributed by atoms with Gasteiger partial charge in [-0.25, -0.2) is 0 Å². The van der Waals surface area contributed by atoms with Crippen molar-refractivity contribution < 1.29 is 24.2 Å². The van der Waals surface area contributed by atoms with E-state index >= 15 is 0 Å². The van der Waals surface area contributed by atoms with Gasteiger partial charge in [0.1, 0.15) is 6.04 Å². The number of unbranched alkanes of at least 4 members (excludes halogenated alkanes) is 2. The number of likely N-dealkylation sites (tertiary alicyclic amines) is 1. The van der Waals surface area contributed by atoms with Gasteiger partial charge >= 0.3 is 5.97 Å². The van der Waals surface area contributed by atoms with Crippen molar-refractivity contribution >= 4 is 35.2 Å². The molecule has 1 aromatic carbocycles. The van der Waals surface area contributed by atoms with E-state index in [1.807, 2.05) is 52.0 Å². The Hall–Kier alpha value is -2.58. The number of carbonyl (C=O) groups excluding carboxylic acids is 3. The lowest BCUT2D eigenvalue weighted by Crippen LogP contribution is -2.58. The molecule has 224 valence electrons. The Morgan fingerprint density at radius 3 is 2.54 bits per heavy atom. The molecule has 0 saturated carbocycles. The first-order valence-corrected chi connectivity index (χ1v) is 15.9. The summed E-state index contributed by atoms with van der Waals surface area (Å²) in [4.78, 5) is 46.2. The summed E-state index contributed by atoms with van der Waals surface area (Å²) in [6.45, 7) is 16.1. The van der Waals surface area contributed by atoms with Gasteiger partial charge in [0.2, 0.25) is 5.91 Å². The summed E-state index contributed by atoms with van der Waals surface area (Å²) < 4.78 is 4.99. The number of carbonyl (C=O) groups is 3. The zero-order valence-electron chi connectivity index (χ0n) is 25.0. The molecule has 8 heteroatoms. The molecule has 2 bridgehead atoms. The average molecular weight is 583 g/mol. The molecule has 1 spiro atoms. The second-order valence-corrected chi connectivity index (χ2v) is 13.8. The Kier molecular flexibility index (Phi) is 10.1. The van der Waals surface area contributed by atoms with Crippen LogP contribution in [-0.4, -0.2) is 69.6 Å². The molecule has 1 N–H and O–H groups in total. The van der Waals surface area contributed by atoms with Crippen LogP contribution in [0.3, 0.4) is 0 Å². The number of fused-ring (bicyclic) bond motifs is 1. The third-order valence-electron chi connectivity index (χ3n) is 8.93. The topological polar surface area (TPSA) is 87.2 Å². The number of anilines is 1. The molecular weight excluding hydrogens is 536 g/mol. The van der Waals surface area contributed by atoms with Crippen molar-refractivity contribution in [2.45, 2.75) is 88.3 Å². The second kappa shape index (κ2) is 13.2. The number of esters is 1. The number of para-hydroxylation sites is 1. The lowest BCUT2D eigenvalue weighted by atomic mass is 9.71. The highest BCUT2D eigenvalue weighted by Gasteiger charge is 2.74. The van der Waals surface area contributed by atoms with Crippen molar-refractivity contribution in [2.24, 2.45) is 17.8 Å². The number of aryl methyl sites for hydroxylation is 2. The number of aliphatic hydroxyl groups is 1. The minimum absolute atomic E-state index is 0.0622. The second-order valence-electron chi connectivity index (χ2n) is 12.2. The number of thioether (sulfide) groups is 1. The molecule has 4 rings (SSSR count). The minimum atomic E-state index is -0.796. The number of nitrogens with zero attached hydrogens (tertiary/aromatic N) is 2. The number of hydrogen-bond acceptors (Lipinski definition) is 6. The lowest BCUT2D eigenvalue weighted by molar-refractivity contribution is -0.154. The van der Waals surface area contributed by atoms with Crippen molar-refractivity contribution in [2.75, 3.05) is 24.7 Å². The van der Waals surface area contributed by atoms with Gasteiger partial charge in [-0.1, -0.05) is 44.2 Å². The van der Waals surface area contributed by atoms with Gasteiger partial charge in [-0.3, -0.25) is 14.4 Å². The summed E-state index contributed by atoms with van der Waals surface area (Å²) in [7, 11) is 0. The van der Waals surface area contributed by atoms with E-state index in [1.54, 1.807) is 27.6 Å². The van der Waals surface area contributed by atoms with E-state index in [0.29, 0.717) is 26.0 Å². The fourth-order valence-corrected chi connectivity index (χ4v) is 9.50. The first kappa shape index (κ1) is 31.4. The summed E-state index contributed by atoms with van der Waals surface area (Å²) in [6.07, 6.45) is 8.04. The van der Waals surface area contributed by atoms with Gasteiger partial charge in [0, 0.05) is 17.5 Å². The van der Waals surface area contributed by atoms with Gasteiger partial charge in [0.25, 0.3) is 5.91 Å². The van der Waals surface area contributed by atoms with E-state index in [-0.39, 0.29) is 35.6 Å². The number of aliphatic hydroxyl groups excluding tert-OH is 1. The molecule has 3 fully saturated rings. The van der Waals surface area contributed by atoms with Crippen LogP contribution >= 0.6 is 11.8 Å². The van der Waals surface area contributed by atoms with Gasteiger partial charge < -0.3 is 19.6 Å². The zero-order valence-corrected chi connectivity index (χ0v) is 25.8. The molecule has 3 heterocycles. The van der Waals surface area contributed by atoms with Gasteiger partial charge in [-0.2, -0.15) is 0 Å². The SMILES string of the molecule is C=CCCCCOC(=O)[C@@H]1[C@@H]2CCC3(S2)C(C(=O)N(CC=C)c2c(C)cccc2C)N([C@@H](CO)CC(C)C)C(=O)[C@H]13. The normalized spacial score (nSPS) is 27.2. The maximum Gasteiger partial charge on any atom is 0.310 e. The molecule has 0 aromatic heterocycles. The molecule has 0 radical (unpaired) electrons. The summed E-state index contributed by atoms with van der Waals surface area (Å²) in [6, 6.07) is 4.62. The van der Waals surface area contributed by atoms with Crippen LogP contribution in [0, 0.1) is 31.6 Å². The average Bonchev–Trinajstić information content (AvgIpc) is 3.58. The summed E-state index contributed by atoms with van der Waals surface area (Å²) in [5, 5.41) is 10.5. The summed E-state index contributed by atoms with van der Waals surface area (Å²) >= 11 is 1.63. The highest BCUT2D eigenvalue weighted by atomic mass is 32.2. The Morgan fingerprint density at radius 1 is 1.22 bits per heavy atom. The monoisotopic (exact) mass is 582 g/mol. The van der Waals surface area contributed by atoms with Crippen molar-refractivity contribution in [1.82, 2.24) is 4.90 Å². The van der Waals surface area contributed by atoms with Crippen molar-refractivity contribution in [1.29, 1.82) is 0 Å². The fraction of sp³-hybridized carbons (Fsp3) is 0.606. The van der Waals surface area contributed by atoms with Crippen LogP contribution in [0.15, 0.2) is 43.5 Å². The van der Waals surface area contributed by atoms with E-state index < -0.39 is 28.7 Å². The first-order chi connectivity index (χ1) is 19.6. The maximum absolute atomic E-state index is 14.8. The van der Waals surface area contributed by atoms with Crippen molar-refractivity contribution in [3.63, 3.8) is 0 Å². The van der Waals surface area contributed by atoms with E-state index in [1.165, 1.54) is 0 Å². The quantitative estimate of drug-likeness (QED) is 0.184. The molecule has 7 nitrogen and oxygen atoms in total. The first-order valence-electron chi connectivity index (χ1n) is 15.0. The molecule has 41 heavy (non-hydrogen) atoms. The zero-order chi connectivity index (χ0) is 29.9. The van der Waals surface area contributed by atoms with Crippen molar-refractivity contribution in [3.05, 3.63) is 54.6 Å². The van der Waals surface area contributed by atoms with Crippen LogP contribution in [-0.2, 0) is 19.1 Å². The Morgan fingerprint density at radius 2 is 1.93 bits per heavy atom. The van der Waals surface area contributed by atoms with E-state index in [4.69, 9.17) is 4.74 Å². The molecular formula is C33H46N2O5S. The fourth-order valence-electron chi connectivity index (χ4n) is 7.31. The predicted octanol–water partition coefficient (Wildman–Crippen LogP) is 5.22. The lowest BCUT2D eigenvalue weighted by Gasteiger charge is -2.40. The Balaban J connectivity index is 1.75. The Labute approximate surface area is 249 Å². The molecule has 2 amide bonds. The van der Waals surface area contributed by atoms with Crippen LogP contribution in [0.1, 0.15) is 63.5 Å². The number of benzene rings is 1. The number of amides is 2. The molecule has 3 saturated heterocycles. The van der Waals surface area contributed by atoms with E-state index in [9.17, 15) is 19.5 Å². The van der Waals surface area contributed by atoms with Gasteiger partial charge in [0.05, 0.1) is 35.8 Å². The van der Waals surface area contributed by atoms with Crippen LogP contribution < -0.4 is 4.90 Å². The predicted molar refractivity (Wildman–Crippen MR) is 165 cm³/mol. The number of ether oxygens (including phenoxy) is 1. The highest BCUT2D eigenvalue weighted by Crippen LogP contribution is 2.67. The summed E-state index contributed by atoms with van der Waals surface area (Å²) in [5.41, 5.74) is 2.75. The minimum Gasteiger partial charge on any atom is -0.465 e.